The summed E-state index contributed by atoms with van der Waals surface area (Å²) in [6.07, 6.45) is 0.828. The second-order valence-corrected chi connectivity index (χ2v) is 6.72. The number of thiazole rings is 1. The van der Waals surface area contributed by atoms with E-state index in [4.69, 9.17) is 9.84 Å². The Hall–Kier alpha value is -1.11. The summed E-state index contributed by atoms with van der Waals surface area (Å²) < 4.78 is 7.67. The van der Waals surface area contributed by atoms with Crippen LogP contribution in [-0.4, -0.2) is 34.0 Å². The van der Waals surface area contributed by atoms with Gasteiger partial charge in [-0.3, -0.25) is 0 Å². The Morgan fingerprint density at radius 3 is 3.05 bits per heavy atom. The number of aliphatic carboxylic acids is 1. The van der Waals surface area contributed by atoms with Gasteiger partial charge >= 0.3 is 5.97 Å². The maximum atomic E-state index is 10.8. The van der Waals surface area contributed by atoms with Gasteiger partial charge in [0.1, 0.15) is 0 Å². The number of carboxylic acids is 1. The summed E-state index contributed by atoms with van der Waals surface area (Å²) >= 11 is 3.31. The van der Waals surface area contributed by atoms with Crippen molar-refractivity contribution in [2.24, 2.45) is 0 Å². The van der Waals surface area contributed by atoms with Gasteiger partial charge in [0.2, 0.25) is 0 Å². The molecule has 4 nitrogen and oxygen atoms in total. The lowest BCUT2D eigenvalue weighted by Gasteiger charge is -2.09. The molecule has 0 saturated carbocycles. The first-order valence-corrected chi connectivity index (χ1v) is 7.89. The third-order valence-electron chi connectivity index (χ3n) is 3.05. The lowest BCUT2D eigenvalue weighted by atomic mass is 10.2. The SMILES string of the molecule is O=C(O)C1CCC(CSc2nc3ccccc3s2)O1. The second-order valence-electron chi connectivity index (χ2n) is 4.42. The normalized spacial score (nSPS) is 22.9. The van der Waals surface area contributed by atoms with Crippen LogP contribution in [0.2, 0.25) is 0 Å². The molecule has 0 aliphatic carbocycles. The molecule has 100 valence electrons. The minimum Gasteiger partial charge on any atom is -0.479 e. The van der Waals surface area contributed by atoms with Gasteiger partial charge in [-0.25, -0.2) is 9.78 Å². The van der Waals surface area contributed by atoms with Gasteiger partial charge in [-0.2, -0.15) is 0 Å². The van der Waals surface area contributed by atoms with Gasteiger partial charge in [0.15, 0.2) is 10.4 Å². The van der Waals surface area contributed by atoms with Crippen LogP contribution in [0.5, 0.6) is 0 Å². The number of nitrogens with zero attached hydrogens (tertiary/aromatic N) is 1. The molecule has 2 heterocycles. The van der Waals surface area contributed by atoms with E-state index in [-0.39, 0.29) is 6.10 Å². The third-order valence-corrected chi connectivity index (χ3v) is 5.36. The molecule has 1 aromatic carbocycles. The predicted molar refractivity (Wildman–Crippen MR) is 75.9 cm³/mol. The van der Waals surface area contributed by atoms with Gasteiger partial charge in [-0.1, -0.05) is 23.9 Å². The zero-order valence-electron chi connectivity index (χ0n) is 10.1. The summed E-state index contributed by atoms with van der Waals surface area (Å²) in [5, 5.41) is 8.87. The van der Waals surface area contributed by atoms with Gasteiger partial charge in [0, 0.05) is 5.75 Å². The Labute approximate surface area is 118 Å². The molecule has 1 aromatic heterocycles. The Morgan fingerprint density at radius 2 is 2.32 bits per heavy atom. The first-order valence-electron chi connectivity index (χ1n) is 6.09. The van der Waals surface area contributed by atoms with Gasteiger partial charge in [0.25, 0.3) is 0 Å². The number of rotatable bonds is 4. The molecule has 1 aliphatic heterocycles. The van der Waals surface area contributed by atoms with Crippen LogP contribution in [-0.2, 0) is 9.53 Å². The quantitative estimate of drug-likeness (QED) is 0.879. The Bertz CT molecular complexity index is 565. The van der Waals surface area contributed by atoms with Crippen LogP contribution in [0.3, 0.4) is 0 Å². The molecule has 0 radical (unpaired) electrons. The van der Waals surface area contributed by atoms with E-state index in [1.165, 1.54) is 4.70 Å². The molecule has 2 atom stereocenters. The van der Waals surface area contributed by atoms with E-state index >= 15 is 0 Å². The molecule has 19 heavy (non-hydrogen) atoms. The van der Waals surface area contributed by atoms with Crippen LogP contribution in [0.4, 0.5) is 0 Å². The number of carboxylic acid groups (broad SMARTS) is 1. The second kappa shape index (κ2) is 5.48. The first-order chi connectivity index (χ1) is 9.22. The molecular weight excluding hydrogens is 282 g/mol. The fraction of sp³-hybridized carbons (Fsp3) is 0.385. The average Bonchev–Trinajstić information content (AvgIpc) is 3.02. The van der Waals surface area contributed by atoms with E-state index in [2.05, 4.69) is 11.1 Å². The zero-order valence-corrected chi connectivity index (χ0v) is 11.7. The standard InChI is InChI=1S/C13H13NO3S2/c15-12(16)10-6-5-8(17-10)7-18-13-14-9-3-1-2-4-11(9)19-13/h1-4,8,10H,5-7H2,(H,15,16). The van der Waals surface area contributed by atoms with E-state index < -0.39 is 12.1 Å². The molecule has 1 fully saturated rings. The molecule has 1 aliphatic rings. The number of thioether (sulfide) groups is 1. The Morgan fingerprint density at radius 1 is 1.47 bits per heavy atom. The number of benzene rings is 1. The van der Waals surface area contributed by atoms with Crippen molar-refractivity contribution >= 4 is 39.3 Å². The summed E-state index contributed by atoms with van der Waals surface area (Å²) in [5.74, 6) is -0.0867. The van der Waals surface area contributed by atoms with E-state index in [1.54, 1.807) is 23.1 Å². The van der Waals surface area contributed by atoms with Crippen molar-refractivity contribution < 1.29 is 14.6 Å². The van der Waals surface area contributed by atoms with Gasteiger partial charge in [-0.05, 0) is 25.0 Å². The Kier molecular flexibility index (Phi) is 3.72. The van der Waals surface area contributed by atoms with Crippen molar-refractivity contribution in [2.45, 2.75) is 29.4 Å². The van der Waals surface area contributed by atoms with E-state index in [0.717, 1.165) is 22.0 Å². The van der Waals surface area contributed by atoms with Crippen molar-refractivity contribution in [1.29, 1.82) is 0 Å². The number of carbonyl (C=O) groups is 1. The van der Waals surface area contributed by atoms with Crippen molar-refractivity contribution in [2.75, 3.05) is 5.75 Å². The highest BCUT2D eigenvalue weighted by molar-refractivity contribution is 8.01. The van der Waals surface area contributed by atoms with E-state index in [0.29, 0.717) is 6.42 Å². The molecule has 2 aromatic rings. The molecular formula is C13H13NO3S2. The average molecular weight is 295 g/mol. The third kappa shape index (κ3) is 2.91. The summed E-state index contributed by atoms with van der Waals surface area (Å²) in [6, 6.07) is 8.05. The first kappa shape index (κ1) is 12.9. The van der Waals surface area contributed by atoms with Crippen molar-refractivity contribution in [3.8, 4) is 0 Å². The fourth-order valence-corrected chi connectivity index (χ4v) is 4.23. The lowest BCUT2D eigenvalue weighted by Crippen LogP contribution is -2.21. The summed E-state index contributed by atoms with van der Waals surface area (Å²) in [6.45, 7) is 0. The van der Waals surface area contributed by atoms with Gasteiger partial charge in [0.05, 0.1) is 16.3 Å². The van der Waals surface area contributed by atoms with Crippen molar-refractivity contribution in [3.05, 3.63) is 24.3 Å². The monoisotopic (exact) mass is 295 g/mol. The van der Waals surface area contributed by atoms with Crippen LogP contribution >= 0.6 is 23.1 Å². The molecule has 0 spiro atoms. The van der Waals surface area contributed by atoms with Crippen molar-refractivity contribution in [1.82, 2.24) is 4.98 Å². The molecule has 0 amide bonds. The maximum Gasteiger partial charge on any atom is 0.332 e. The van der Waals surface area contributed by atoms with E-state index in [9.17, 15) is 4.79 Å². The molecule has 1 saturated heterocycles. The molecule has 0 bridgehead atoms. The number of fused-ring (bicyclic) bond motifs is 1. The van der Waals surface area contributed by atoms with Crippen LogP contribution in [0, 0.1) is 0 Å². The minimum absolute atomic E-state index is 0.0260. The number of hydrogen-bond acceptors (Lipinski definition) is 5. The van der Waals surface area contributed by atoms with Gasteiger partial charge in [-0.15, -0.1) is 11.3 Å². The molecule has 2 unspecified atom stereocenters. The molecule has 1 N–H and O–H groups in total. The fourth-order valence-electron chi connectivity index (χ4n) is 2.09. The highest BCUT2D eigenvalue weighted by Gasteiger charge is 2.30. The minimum atomic E-state index is -0.854. The number of hydrogen-bond donors (Lipinski definition) is 1. The number of ether oxygens (including phenoxy) is 1. The topological polar surface area (TPSA) is 59.4 Å². The van der Waals surface area contributed by atoms with Crippen LogP contribution in [0.15, 0.2) is 28.6 Å². The zero-order chi connectivity index (χ0) is 13.2. The van der Waals surface area contributed by atoms with E-state index in [1.807, 2.05) is 18.2 Å². The van der Waals surface area contributed by atoms with Crippen LogP contribution in [0.25, 0.3) is 10.2 Å². The highest BCUT2D eigenvalue weighted by Crippen LogP contribution is 2.32. The summed E-state index contributed by atoms with van der Waals surface area (Å²) in [5.41, 5.74) is 1.02. The Balaban J connectivity index is 1.59. The highest BCUT2D eigenvalue weighted by atomic mass is 32.2. The summed E-state index contributed by atoms with van der Waals surface area (Å²) in [4.78, 5) is 15.3. The van der Waals surface area contributed by atoms with Crippen LogP contribution in [0.1, 0.15) is 12.8 Å². The molecule has 6 heteroatoms. The van der Waals surface area contributed by atoms with Crippen molar-refractivity contribution in [3.63, 3.8) is 0 Å². The van der Waals surface area contributed by atoms with Gasteiger partial charge < -0.3 is 9.84 Å². The smallest absolute Gasteiger partial charge is 0.332 e. The predicted octanol–water partition coefficient (Wildman–Crippen LogP) is 3.02. The number of para-hydroxylation sites is 1. The lowest BCUT2D eigenvalue weighted by molar-refractivity contribution is -0.148. The maximum absolute atomic E-state index is 10.8. The number of aromatic nitrogens is 1. The largest absolute Gasteiger partial charge is 0.479 e. The summed E-state index contributed by atoms with van der Waals surface area (Å²) in [7, 11) is 0. The molecule has 3 rings (SSSR count). The van der Waals surface area contributed by atoms with Crippen LogP contribution < -0.4 is 0 Å².